The number of rotatable bonds is 13. The lowest BCUT2D eigenvalue weighted by Gasteiger charge is -2.32. The summed E-state index contributed by atoms with van der Waals surface area (Å²) >= 11 is 1.17. The highest BCUT2D eigenvalue weighted by Gasteiger charge is 2.34. The molecule has 0 spiro atoms. The van der Waals surface area contributed by atoms with E-state index in [-0.39, 0.29) is 18.2 Å². The Morgan fingerprint density at radius 2 is 1.53 bits per heavy atom. The summed E-state index contributed by atoms with van der Waals surface area (Å²) in [6.07, 6.45) is 0. The molecule has 1 atom stereocenters. The van der Waals surface area contributed by atoms with Crippen molar-refractivity contribution in [3.05, 3.63) is 95.1 Å². The van der Waals surface area contributed by atoms with Gasteiger partial charge in [-0.3, -0.25) is 9.59 Å². The molecule has 0 saturated carbocycles. The smallest absolute Gasteiger partial charge is 0.251 e. The van der Waals surface area contributed by atoms with Gasteiger partial charge < -0.3 is 34.1 Å². The van der Waals surface area contributed by atoms with Gasteiger partial charge in [-0.15, -0.1) is 0 Å². The number of hydrogen-bond donors (Lipinski definition) is 1. The van der Waals surface area contributed by atoms with E-state index in [0.717, 1.165) is 30.2 Å². The number of halogens is 1. The minimum atomic E-state index is -1.18. The van der Waals surface area contributed by atoms with Crippen molar-refractivity contribution in [3.8, 4) is 17.2 Å². The van der Waals surface area contributed by atoms with E-state index < -0.39 is 17.8 Å². The molecule has 3 aromatic carbocycles. The van der Waals surface area contributed by atoms with Gasteiger partial charge in [-0.1, -0.05) is 23.9 Å². The number of carbonyl (C=O) groups is 2. The van der Waals surface area contributed by atoms with E-state index in [2.05, 4.69) is 20.2 Å². The Morgan fingerprint density at radius 3 is 2.10 bits per heavy atom. The number of amides is 2. The first-order valence-electron chi connectivity index (χ1n) is 15.7. The lowest BCUT2D eigenvalue weighted by molar-refractivity contribution is -0.137. The quantitative estimate of drug-likeness (QED) is 0.141. The Bertz CT molecular complexity index is 1710. The molecule has 1 saturated heterocycles. The number of benzene rings is 3. The summed E-state index contributed by atoms with van der Waals surface area (Å²) in [5.74, 6) is -0.347. The van der Waals surface area contributed by atoms with Gasteiger partial charge in [0.05, 0.1) is 40.3 Å². The molecule has 2 amide bonds. The van der Waals surface area contributed by atoms with Crippen LogP contribution in [0.3, 0.4) is 0 Å². The van der Waals surface area contributed by atoms with Crippen LogP contribution in [0.1, 0.15) is 28.6 Å². The molecular formula is C36H40FN5O6S. The molecule has 1 aliphatic heterocycles. The van der Waals surface area contributed by atoms with Crippen molar-refractivity contribution in [3.63, 3.8) is 0 Å². The van der Waals surface area contributed by atoms with Gasteiger partial charge in [0, 0.05) is 42.4 Å². The van der Waals surface area contributed by atoms with Crippen LogP contribution in [0.4, 0.5) is 15.8 Å². The summed E-state index contributed by atoms with van der Waals surface area (Å²) in [6, 6.07) is 17.3. The van der Waals surface area contributed by atoms with Crippen LogP contribution in [0.15, 0.2) is 71.9 Å². The molecule has 0 bridgehead atoms. The summed E-state index contributed by atoms with van der Waals surface area (Å²) < 4.78 is 36.2. The second-order valence-electron chi connectivity index (χ2n) is 11.4. The fraction of sp³-hybridized carbons (Fsp3) is 0.333. The lowest BCUT2D eigenvalue weighted by atomic mass is 10.0. The lowest BCUT2D eigenvalue weighted by Crippen LogP contribution is -2.42. The van der Waals surface area contributed by atoms with Crippen LogP contribution in [0, 0.1) is 19.7 Å². The Balaban J connectivity index is 1.54. The van der Waals surface area contributed by atoms with Crippen molar-refractivity contribution in [2.45, 2.75) is 31.6 Å². The molecule has 0 aliphatic carbocycles. The maximum atomic E-state index is 14.5. The zero-order valence-electron chi connectivity index (χ0n) is 28.2. The average Bonchev–Trinajstić information content (AvgIpc) is 3.11. The Kier molecular flexibility index (Phi) is 11.9. The molecule has 49 heavy (non-hydrogen) atoms. The van der Waals surface area contributed by atoms with Gasteiger partial charge in [0.2, 0.25) is 11.7 Å². The van der Waals surface area contributed by atoms with Gasteiger partial charge in [-0.05, 0) is 79.6 Å². The number of nitrogens with zero attached hydrogens (tertiary/aromatic N) is 4. The molecular weight excluding hydrogens is 649 g/mol. The Labute approximate surface area is 289 Å². The third-order valence-electron chi connectivity index (χ3n) is 7.95. The molecule has 258 valence electrons. The van der Waals surface area contributed by atoms with Crippen molar-refractivity contribution in [2.24, 2.45) is 0 Å². The van der Waals surface area contributed by atoms with Gasteiger partial charge in [0.25, 0.3) is 5.91 Å². The Morgan fingerprint density at radius 1 is 0.918 bits per heavy atom. The predicted octanol–water partition coefficient (Wildman–Crippen LogP) is 5.60. The zero-order chi connectivity index (χ0) is 34.9. The van der Waals surface area contributed by atoms with E-state index in [1.165, 1.54) is 50.1 Å². The highest BCUT2D eigenvalue weighted by atomic mass is 32.2. The van der Waals surface area contributed by atoms with Crippen molar-refractivity contribution in [1.29, 1.82) is 0 Å². The summed E-state index contributed by atoms with van der Waals surface area (Å²) in [5.41, 5.74) is 4.16. The maximum absolute atomic E-state index is 14.5. The molecule has 1 aromatic heterocycles. The van der Waals surface area contributed by atoms with Crippen LogP contribution in [0.5, 0.6) is 17.2 Å². The first-order valence-corrected chi connectivity index (χ1v) is 16.7. The van der Waals surface area contributed by atoms with E-state index in [9.17, 15) is 14.0 Å². The van der Waals surface area contributed by atoms with Gasteiger partial charge in [0.15, 0.2) is 16.7 Å². The summed E-state index contributed by atoms with van der Waals surface area (Å²) in [7, 11) is 4.45. The largest absolute Gasteiger partial charge is 0.493 e. The number of methoxy groups -OCH3 is 3. The van der Waals surface area contributed by atoms with Gasteiger partial charge in [0.1, 0.15) is 11.9 Å². The van der Waals surface area contributed by atoms with E-state index >= 15 is 0 Å². The molecule has 4 aromatic rings. The first kappa shape index (κ1) is 35.4. The fourth-order valence-electron chi connectivity index (χ4n) is 5.60. The fourth-order valence-corrected chi connectivity index (χ4v) is 6.43. The standard InChI is InChI=1S/C36H40FN5O6S/c1-23-18-24(2)39-36(38-23)49-22-32(43)42(21-25-6-8-27(37)9-7-25)33(26-19-30(45-3)34(47-5)31(20-26)46-4)35(44)40-28-10-12-29(13-11-28)41-14-16-48-17-15-41/h6-13,18-20,33H,14-17,21-22H2,1-5H3,(H,40,44). The van der Waals surface area contributed by atoms with Crippen molar-refractivity contribution >= 4 is 35.0 Å². The van der Waals surface area contributed by atoms with Gasteiger partial charge >= 0.3 is 0 Å². The average molecular weight is 690 g/mol. The van der Waals surface area contributed by atoms with Crippen LogP contribution >= 0.6 is 11.8 Å². The maximum Gasteiger partial charge on any atom is 0.251 e. The molecule has 0 radical (unpaired) electrons. The molecule has 11 nitrogen and oxygen atoms in total. The van der Waals surface area contributed by atoms with Gasteiger partial charge in [-0.25, -0.2) is 14.4 Å². The summed E-state index contributed by atoms with van der Waals surface area (Å²) in [6.45, 7) is 6.58. The molecule has 13 heteroatoms. The third kappa shape index (κ3) is 8.98. The van der Waals surface area contributed by atoms with Crippen molar-refractivity contribution in [1.82, 2.24) is 14.9 Å². The summed E-state index contributed by atoms with van der Waals surface area (Å²) in [4.78, 5) is 41.3. The number of thioether (sulfide) groups is 1. The second-order valence-corrected chi connectivity index (χ2v) is 12.3. The first-order chi connectivity index (χ1) is 23.7. The monoisotopic (exact) mass is 689 g/mol. The molecule has 1 fully saturated rings. The summed E-state index contributed by atoms with van der Waals surface area (Å²) in [5, 5.41) is 3.46. The van der Waals surface area contributed by atoms with E-state index in [1.807, 2.05) is 44.2 Å². The zero-order valence-corrected chi connectivity index (χ0v) is 29.0. The normalized spacial score (nSPS) is 13.4. The van der Waals surface area contributed by atoms with Crippen LogP contribution in [-0.2, 0) is 20.9 Å². The van der Waals surface area contributed by atoms with E-state index in [1.54, 1.807) is 24.3 Å². The van der Waals surface area contributed by atoms with E-state index in [4.69, 9.17) is 18.9 Å². The van der Waals surface area contributed by atoms with Crippen LogP contribution in [0.2, 0.25) is 0 Å². The molecule has 1 aliphatic rings. The SMILES string of the molecule is COc1cc(C(C(=O)Nc2ccc(N3CCOCC3)cc2)N(Cc2ccc(F)cc2)C(=O)CSc2nc(C)cc(C)n2)cc(OC)c1OC. The minimum Gasteiger partial charge on any atom is -0.493 e. The number of hydrogen-bond acceptors (Lipinski definition) is 10. The topological polar surface area (TPSA) is 115 Å². The number of morpholine rings is 1. The van der Waals surface area contributed by atoms with Crippen LogP contribution in [-0.4, -0.2) is 80.1 Å². The molecule has 1 N–H and O–H groups in total. The number of anilines is 2. The number of carbonyl (C=O) groups excluding carboxylic acids is 2. The van der Waals surface area contributed by atoms with Crippen molar-refractivity contribution in [2.75, 3.05) is 63.6 Å². The molecule has 5 rings (SSSR count). The predicted molar refractivity (Wildman–Crippen MR) is 186 cm³/mol. The highest BCUT2D eigenvalue weighted by molar-refractivity contribution is 7.99. The van der Waals surface area contributed by atoms with Crippen LogP contribution < -0.4 is 24.4 Å². The molecule has 1 unspecified atom stereocenters. The number of aromatic nitrogens is 2. The highest BCUT2D eigenvalue weighted by Crippen LogP contribution is 2.41. The van der Waals surface area contributed by atoms with Gasteiger partial charge in [-0.2, -0.15) is 0 Å². The number of ether oxygens (including phenoxy) is 4. The Hall–Kier alpha value is -4.88. The molecule has 2 heterocycles. The number of nitrogens with one attached hydrogen (secondary N) is 1. The van der Waals surface area contributed by atoms with E-state index in [0.29, 0.717) is 52.4 Å². The second kappa shape index (κ2) is 16.5. The van der Waals surface area contributed by atoms with Crippen LogP contribution in [0.25, 0.3) is 0 Å². The minimum absolute atomic E-state index is 0.00189. The third-order valence-corrected chi connectivity index (χ3v) is 8.78. The number of aryl methyl sites for hydroxylation is 2. The van der Waals surface area contributed by atoms with Crippen molar-refractivity contribution < 1.29 is 32.9 Å².